The zero-order valence-electron chi connectivity index (χ0n) is 10.9. The predicted molar refractivity (Wildman–Crippen MR) is 77.9 cm³/mol. The fraction of sp³-hybridized carbons (Fsp3) is 0.154. The number of nitrogens with one attached hydrogen (secondary N) is 3. The number of rotatable bonds is 8. The second-order valence-corrected chi connectivity index (χ2v) is 5.93. The molecule has 0 spiro atoms. The van der Waals surface area contributed by atoms with Crippen molar-refractivity contribution in [2.75, 3.05) is 13.1 Å². The highest BCUT2D eigenvalue weighted by molar-refractivity contribution is 7.58. The molecule has 0 aromatic heterocycles. The highest BCUT2D eigenvalue weighted by Crippen LogP contribution is 2.30. The maximum Gasteiger partial charge on any atom is 0.306 e. The van der Waals surface area contributed by atoms with Gasteiger partial charge in [0.15, 0.2) is 0 Å². The van der Waals surface area contributed by atoms with Crippen LogP contribution in [0.3, 0.4) is 0 Å². The molecule has 1 rings (SSSR count). The lowest BCUT2D eigenvalue weighted by Gasteiger charge is -2.20. The molecule has 0 radical (unpaired) electrons. The highest BCUT2D eigenvalue weighted by atomic mass is 31.2. The summed E-state index contributed by atoms with van der Waals surface area (Å²) in [6.07, 6.45) is 3.04. The summed E-state index contributed by atoms with van der Waals surface area (Å²) < 4.78 is 25.2. The molecular weight excluding hydrogens is 280 g/mol. The van der Waals surface area contributed by atoms with Gasteiger partial charge in [0.2, 0.25) is 0 Å². The Morgan fingerprint density at radius 3 is 2.10 bits per heavy atom. The summed E-state index contributed by atoms with van der Waals surface area (Å²) in [5, 5.41) is 7.71. The maximum absolute atomic E-state index is 12.8. The lowest BCUT2D eigenvalue weighted by molar-refractivity contribution is 0.0979. The van der Waals surface area contributed by atoms with Crippen LogP contribution in [0, 0.1) is 5.82 Å². The molecular formula is C13H17FN3O2P. The Hall–Kier alpha value is -1.75. The van der Waals surface area contributed by atoms with Crippen LogP contribution in [0.4, 0.5) is 4.39 Å². The minimum Gasteiger partial charge on any atom is -0.279 e. The summed E-state index contributed by atoms with van der Waals surface area (Å²) in [7, 11) is -3.32. The van der Waals surface area contributed by atoms with Crippen LogP contribution in [0.5, 0.6) is 0 Å². The normalized spacial score (nSPS) is 10.8. The Bertz CT molecular complexity index is 515. The zero-order chi connectivity index (χ0) is 15.0. The third-order valence-corrected chi connectivity index (χ3v) is 4.06. The van der Waals surface area contributed by atoms with E-state index >= 15 is 0 Å². The first-order valence-corrected chi connectivity index (χ1v) is 7.61. The Kier molecular flexibility index (Phi) is 6.31. The molecule has 1 aromatic rings. The van der Waals surface area contributed by atoms with E-state index < -0.39 is 19.3 Å². The van der Waals surface area contributed by atoms with Gasteiger partial charge in [0, 0.05) is 18.7 Å². The van der Waals surface area contributed by atoms with Gasteiger partial charge in [-0.1, -0.05) is 12.2 Å². The molecule has 0 saturated heterocycles. The van der Waals surface area contributed by atoms with Crippen molar-refractivity contribution in [3.63, 3.8) is 0 Å². The average molecular weight is 297 g/mol. The van der Waals surface area contributed by atoms with Gasteiger partial charge in [0.25, 0.3) is 5.91 Å². The number of carbonyl (C=O) groups excluding carboxylic acids is 1. The summed E-state index contributed by atoms with van der Waals surface area (Å²) in [5.74, 6) is -1.01. The average Bonchev–Trinajstić information content (AvgIpc) is 2.44. The molecule has 1 amide bonds. The molecule has 0 aliphatic heterocycles. The van der Waals surface area contributed by atoms with Crippen LogP contribution in [0.25, 0.3) is 0 Å². The Balaban J connectivity index is 2.79. The standard InChI is InChI=1S/C13H17FN3O2P/c1-3-9-15-20(19,16-10-4-2)17-13(18)11-5-7-12(14)8-6-11/h3-8H,1-2,9-10H2,(H3,15,16,17,18,19). The summed E-state index contributed by atoms with van der Waals surface area (Å²) in [6.45, 7) is 7.52. The van der Waals surface area contributed by atoms with E-state index in [1.54, 1.807) is 0 Å². The van der Waals surface area contributed by atoms with Crippen LogP contribution in [-0.4, -0.2) is 19.0 Å². The third kappa shape index (κ3) is 5.09. The minimum atomic E-state index is -3.32. The van der Waals surface area contributed by atoms with Crippen molar-refractivity contribution in [3.05, 3.63) is 61.0 Å². The van der Waals surface area contributed by atoms with Crippen molar-refractivity contribution in [1.82, 2.24) is 15.3 Å². The molecule has 108 valence electrons. The molecule has 0 aliphatic carbocycles. The van der Waals surface area contributed by atoms with E-state index in [4.69, 9.17) is 0 Å². The van der Waals surface area contributed by atoms with Gasteiger partial charge in [-0.05, 0) is 24.3 Å². The lowest BCUT2D eigenvalue weighted by atomic mass is 10.2. The molecule has 20 heavy (non-hydrogen) atoms. The zero-order valence-corrected chi connectivity index (χ0v) is 11.8. The molecule has 0 unspecified atom stereocenters. The molecule has 0 bridgehead atoms. The number of hydrogen-bond acceptors (Lipinski definition) is 2. The van der Waals surface area contributed by atoms with Gasteiger partial charge in [0.1, 0.15) is 5.82 Å². The Morgan fingerprint density at radius 1 is 1.15 bits per heavy atom. The number of hydrogen-bond donors (Lipinski definition) is 3. The minimum absolute atomic E-state index is 0.215. The van der Waals surface area contributed by atoms with Crippen molar-refractivity contribution >= 4 is 13.5 Å². The summed E-state index contributed by atoms with van der Waals surface area (Å²) in [6, 6.07) is 4.95. The molecule has 0 atom stereocenters. The fourth-order valence-corrected chi connectivity index (χ4v) is 2.79. The van der Waals surface area contributed by atoms with Gasteiger partial charge in [-0.15, -0.1) is 13.2 Å². The van der Waals surface area contributed by atoms with Crippen LogP contribution >= 0.6 is 7.59 Å². The monoisotopic (exact) mass is 297 g/mol. The van der Waals surface area contributed by atoms with E-state index in [2.05, 4.69) is 28.4 Å². The first kappa shape index (κ1) is 16.3. The van der Waals surface area contributed by atoms with Crippen LogP contribution in [0.2, 0.25) is 0 Å². The second kappa shape index (κ2) is 7.75. The quantitative estimate of drug-likeness (QED) is 0.508. The van der Waals surface area contributed by atoms with Crippen LogP contribution < -0.4 is 15.3 Å². The summed E-state index contributed by atoms with van der Waals surface area (Å²) in [4.78, 5) is 12.0. The summed E-state index contributed by atoms with van der Waals surface area (Å²) >= 11 is 0. The van der Waals surface area contributed by atoms with Crippen molar-refractivity contribution in [2.24, 2.45) is 0 Å². The molecule has 0 aliphatic rings. The molecule has 0 saturated carbocycles. The van der Waals surface area contributed by atoms with Gasteiger partial charge < -0.3 is 0 Å². The molecule has 0 heterocycles. The first-order valence-electron chi connectivity index (χ1n) is 5.91. The Labute approximate surface area is 117 Å². The van der Waals surface area contributed by atoms with Crippen molar-refractivity contribution in [1.29, 1.82) is 0 Å². The Morgan fingerprint density at radius 2 is 1.65 bits per heavy atom. The van der Waals surface area contributed by atoms with E-state index in [0.29, 0.717) is 0 Å². The van der Waals surface area contributed by atoms with Crippen LogP contribution in [-0.2, 0) is 4.57 Å². The number of carbonyl (C=O) groups is 1. The smallest absolute Gasteiger partial charge is 0.279 e. The molecule has 5 nitrogen and oxygen atoms in total. The van der Waals surface area contributed by atoms with Gasteiger partial charge in [0.05, 0.1) is 0 Å². The van der Waals surface area contributed by atoms with Crippen molar-refractivity contribution in [3.8, 4) is 0 Å². The van der Waals surface area contributed by atoms with Gasteiger partial charge >= 0.3 is 7.59 Å². The predicted octanol–water partition coefficient (Wildman–Crippen LogP) is 2.21. The SMILES string of the molecule is C=CCNP(=O)(NCC=C)NC(=O)c1ccc(F)cc1. The van der Waals surface area contributed by atoms with E-state index in [1.165, 1.54) is 24.3 Å². The van der Waals surface area contributed by atoms with E-state index in [0.717, 1.165) is 12.1 Å². The van der Waals surface area contributed by atoms with Crippen LogP contribution in [0.15, 0.2) is 49.6 Å². The largest absolute Gasteiger partial charge is 0.306 e. The topological polar surface area (TPSA) is 70.2 Å². The summed E-state index contributed by atoms with van der Waals surface area (Å²) in [5.41, 5.74) is 0.215. The number of benzene rings is 1. The third-order valence-electron chi connectivity index (χ3n) is 2.28. The lowest BCUT2D eigenvalue weighted by Crippen LogP contribution is -2.35. The number of halogens is 1. The van der Waals surface area contributed by atoms with Crippen LogP contribution in [0.1, 0.15) is 10.4 Å². The van der Waals surface area contributed by atoms with Crippen molar-refractivity contribution < 1.29 is 13.8 Å². The molecule has 3 N–H and O–H groups in total. The van der Waals surface area contributed by atoms with Gasteiger partial charge in [-0.25, -0.2) is 14.6 Å². The van der Waals surface area contributed by atoms with Gasteiger partial charge in [-0.2, -0.15) is 0 Å². The van der Waals surface area contributed by atoms with Gasteiger partial charge in [-0.3, -0.25) is 14.4 Å². The highest BCUT2D eigenvalue weighted by Gasteiger charge is 2.23. The van der Waals surface area contributed by atoms with Crippen molar-refractivity contribution in [2.45, 2.75) is 0 Å². The molecule has 1 aromatic carbocycles. The second-order valence-electron chi connectivity index (χ2n) is 3.86. The first-order chi connectivity index (χ1) is 9.50. The number of amides is 1. The maximum atomic E-state index is 12.8. The van der Waals surface area contributed by atoms with E-state index in [9.17, 15) is 13.8 Å². The van der Waals surface area contributed by atoms with E-state index in [-0.39, 0.29) is 18.7 Å². The fourth-order valence-electron chi connectivity index (χ4n) is 1.33. The molecule has 7 heteroatoms. The van der Waals surface area contributed by atoms with E-state index in [1.807, 2.05) is 0 Å². The molecule has 0 fully saturated rings.